The average Bonchev–Trinajstić information content (AvgIpc) is 3.16. The first kappa shape index (κ1) is 19.6. The number of benzene rings is 2. The van der Waals surface area contributed by atoms with Crippen LogP contribution in [-0.4, -0.2) is 23.6 Å². The Bertz CT molecular complexity index is 813. The lowest BCUT2D eigenvalue weighted by molar-refractivity contribution is 0.445. The van der Waals surface area contributed by atoms with E-state index in [0.717, 1.165) is 18.3 Å². The minimum absolute atomic E-state index is 0.498. The summed E-state index contributed by atoms with van der Waals surface area (Å²) >= 11 is 0. The van der Waals surface area contributed by atoms with E-state index in [4.69, 9.17) is 0 Å². The van der Waals surface area contributed by atoms with Gasteiger partial charge in [0.1, 0.15) is 8.07 Å². The molecule has 29 heavy (non-hydrogen) atoms. The van der Waals surface area contributed by atoms with Gasteiger partial charge in [-0.1, -0.05) is 139 Å². The summed E-state index contributed by atoms with van der Waals surface area (Å²) in [5.74, 6) is 1.98. The number of fused-ring (bicyclic) bond motifs is 2. The van der Waals surface area contributed by atoms with E-state index in [1.807, 2.05) is 10.3 Å². The van der Waals surface area contributed by atoms with Crippen molar-refractivity contribution in [1.82, 2.24) is 0 Å². The summed E-state index contributed by atoms with van der Waals surface area (Å²) < 4.78 is 0. The third-order valence-corrected chi connectivity index (χ3v) is 17.2. The van der Waals surface area contributed by atoms with Crippen LogP contribution in [-0.2, 0) is 0 Å². The summed E-state index contributed by atoms with van der Waals surface area (Å²) in [4.78, 5) is 2.02. The van der Waals surface area contributed by atoms with E-state index in [-0.39, 0.29) is 0 Å². The lowest BCUT2D eigenvalue weighted by Gasteiger charge is -2.43. The summed E-state index contributed by atoms with van der Waals surface area (Å²) in [5.41, 5.74) is 1.98. The largest absolute Gasteiger partial charge is 0.175 e. The van der Waals surface area contributed by atoms with Crippen LogP contribution in [0.5, 0.6) is 0 Å². The standard InChI is InChI=1S/C26H34BSi2/c1-28(2)26-25(27-21-11-9-12-22(27)14-10-13-21)19-20-29(26,23-15-5-3-6-16-23)24-17-7-4-8-18-24/h3-8,15-18,21-22H,9-14,19-20H2,1-2H3. The molecule has 3 aliphatic rings. The molecule has 2 fully saturated rings. The van der Waals surface area contributed by atoms with Crippen LogP contribution in [0.4, 0.5) is 0 Å². The molecule has 149 valence electrons. The molecule has 0 saturated carbocycles. The molecule has 0 N–H and O–H groups in total. The van der Waals surface area contributed by atoms with Crippen LogP contribution in [0, 0.1) is 0 Å². The Morgan fingerprint density at radius 2 is 1.24 bits per heavy atom. The topological polar surface area (TPSA) is 0 Å². The fourth-order valence-corrected chi connectivity index (χ4v) is 17.7. The minimum Gasteiger partial charge on any atom is -0.108 e. The van der Waals surface area contributed by atoms with Crippen LogP contribution >= 0.6 is 0 Å². The molecule has 2 aromatic rings. The molecule has 0 nitrogen and oxygen atoms in total. The molecule has 0 atom stereocenters. The van der Waals surface area contributed by atoms with Crippen molar-refractivity contribution in [1.29, 1.82) is 0 Å². The second kappa shape index (κ2) is 8.07. The molecule has 0 spiro atoms. The summed E-state index contributed by atoms with van der Waals surface area (Å²) in [6, 6.07) is 24.8. The van der Waals surface area contributed by atoms with Gasteiger partial charge in [0, 0.05) is 0 Å². The van der Waals surface area contributed by atoms with E-state index < -0.39 is 16.9 Å². The van der Waals surface area contributed by atoms with E-state index in [1.165, 1.54) is 51.0 Å². The lowest BCUT2D eigenvalue weighted by Crippen LogP contribution is -2.60. The monoisotopic (exact) mass is 413 g/mol. The van der Waals surface area contributed by atoms with E-state index in [1.54, 1.807) is 10.4 Å². The molecule has 0 aromatic heterocycles. The molecule has 2 bridgehead atoms. The maximum Gasteiger partial charge on any atom is 0.175 e. The molecule has 2 saturated heterocycles. The fraction of sp³-hybridized carbons (Fsp3) is 0.462. The van der Waals surface area contributed by atoms with Crippen LogP contribution in [0.25, 0.3) is 0 Å². The summed E-state index contributed by atoms with van der Waals surface area (Å²) in [6.45, 7) is 6.11. The quantitative estimate of drug-likeness (QED) is 0.546. The number of allylic oxidation sites excluding steroid dienone is 1. The second-order valence-electron chi connectivity index (χ2n) is 9.95. The molecule has 0 aliphatic carbocycles. The van der Waals surface area contributed by atoms with Gasteiger partial charge in [0.25, 0.3) is 0 Å². The molecule has 1 radical (unpaired) electrons. The first-order chi connectivity index (χ1) is 14.2. The Hall–Kier alpha value is -1.32. The Morgan fingerprint density at radius 3 is 1.69 bits per heavy atom. The summed E-state index contributed by atoms with van der Waals surface area (Å²) in [6.07, 6.45) is 10.4. The van der Waals surface area contributed by atoms with Gasteiger partial charge in [-0.25, -0.2) is 0 Å². The van der Waals surface area contributed by atoms with Crippen molar-refractivity contribution in [3.8, 4) is 0 Å². The highest BCUT2D eigenvalue weighted by Crippen LogP contribution is 2.52. The fourth-order valence-electron chi connectivity index (χ4n) is 7.36. The third-order valence-electron chi connectivity index (χ3n) is 8.27. The Morgan fingerprint density at radius 1 is 0.759 bits per heavy atom. The van der Waals surface area contributed by atoms with E-state index in [0.29, 0.717) is 0 Å². The number of rotatable bonds is 4. The van der Waals surface area contributed by atoms with Gasteiger partial charge >= 0.3 is 0 Å². The Labute approximate surface area is 180 Å². The predicted molar refractivity (Wildman–Crippen MR) is 133 cm³/mol. The summed E-state index contributed by atoms with van der Waals surface area (Å²) in [7, 11) is -2.34. The highest BCUT2D eigenvalue weighted by atomic mass is 28.4. The lowest BCUT2D eigenvalue weighted by atomic mass is 9.24. The van der Waals surface area contributed by atoms with E-state index >= 15 is 0 Å². The van der Waals surface area contributed by atoms with E-state index in [2.05, 4.69) is 73.8 Å². The van der Waals surface area contributed by atoms with Gasteiger partial charge in [-0.2, -0.15) is 0 Å². The number of hydrogen-bond donors (Lipinski definition) is 0. The van der Waals surface area contributed by atoms with Crippen LogP contribution in [0.3, 0.4) is 0 Å². The Balaban J connectivity index is 1.72. The SMILES string of the molecule is C[Si](C)C1=C(B2C3CCCC2CCC3)CC[Si]1(c1ccccc1)c1ccccc1. The Kier molecular flexibility index (Phi) is 5.47. The van der Waals surface area contributed by atoms with Crippen molar-refractivity contribution in [2.75, 3.05) is 0 Å². The zero-order valence-corrected chi connectivity index (χ0v) is 20.2. The molecule has 3 heteroatoms. The molecule has 3 heterocycles. The highest BCUT2D eigenvalue weighted by molar-refractivity contribution is 7.16. The van der Waals surface area contributed by atoms with Crippen LogP contribution in [0.1, 0.15) is 44.9 Å². The zero-order chi connectivity index (χ0) is 19.8. The first-order valence-corrected chi connectivity index (χ1v) is 16.6. The molecule has 0 amide bonds. The van der Waals surface area contributed by atoms with Crippen LogP contribution < -0.4 is 10.4 Å². The van der Waals surface area contributed by atoms with Crippen molar-refractivity contribution in [3.63, 3.8) is 0 Å². The van der Waals surface area contributed by atoms with Gasteiger partial charge in [-0.15, -0.1) is 5.47 Å². The van der Waals surface area contributed by atoms with Gasteiger partial charge in [-0.3, -0.25) is 0 Å². The van der Waals surface area contributed by atoms with Gasteiger partial charge in [0.2, 0.25) is 0 Å². The molecule has 5 rings (SSSR count). The zero-order valence-electron chi connectivity index (χ0n) is 18.2. The third kappa shape index (κ3) is 3.25. The van der Waals surface area contributed by atoms with Crippen molar-refractivity contribution in [2.45, 2.75) is 75.7 Å². The maximum atomic E-state index is 2.59. The van der Waals surface area contributed by atoms with Crippen molar-refractivity contribution in [2.24, 2.45) is 0 Å². The van der Waals surface area contributed by atoms with Gasteiger partial charge < -0.3 is 0 Å². The number of hydrogen-bond acceptors (Lipinski definition) is 0. The minimum atomic E-state index is -1.85. The normalized spacial score (nSPS) is 26.2. The second-order valence-corrected chi connectivity index (χ2v) is 16.9. The van der Waals surface area contributed by atoms with Crippen molar-refractivity contribution in [3.05, 3.63) is 71.0 Å². The predicted octanol–water partition coefficient (Wildman–Crippen LogP) is 5.92. The van der Waals surface area contributed by atoms with E-state index in [9.17, 15) is 0 Å². The van der Waals surface area contributed by atoms with Gasteiger partial charge in [-0.05, 0) is 12.5 Å². The molecule has 0 unspecified atom stereocenters. The summed E-state index contributed by atoms with van der Waals surface area (Å²) in [5, 5.41) is 3.34. The molecule has 2 aromatic carbocycles. The average molecular weight is 414 g/mol. The van der Waals surface area contributed by atoms with Gasteiger partial charge in [0.05, 0.1) is 8.80 Å². The van der Waals surface area contributed by atoms with Crippen molar-refractivity contribution >= 4 is 34.0 Å². The first-order valence-electron chi connectivity index (χ1n) is 11.9. The van der Waals surface area contributed by atoms with Crippen LogP contribution in [0.15, 0.2) is 71.0 Å². The smallest absolute Gasteiger partial charge is 0.108 e. The highest BCUT2D eigenvalue weighted by Gasteiger charge is 2.51. The maximum absolute atomic E-state index is 2.59. The van der Waals surface area contributed by atoms with Crippen molar-refractivity contribution < 1.29 is 0 Å². The molecular weight excluding hydrogens is 379 g/mol. The van der Waals surface area contributed by atoms with Gasteiger partial charge in [0.15, 0.2) is 6.71 Å². The van der Waals surface area contributed by atoms with Crippen LogP contribution in [0.2, 0.25) is 30.8 Å². The molecule has 3 aliphatic heterocycles. The molecular formula is C26H34BSi2.